The minimum atomic E-state index is -0.842. The molecule has 9 heteroatoms. The van der Waals surface area contributed by atoms with E-state index in [1.807, 2.05) is 29.2 Å². The lowest BCUT2D eigenvalue weighted by molar-refractivity contribution is 0.141. The summed E-state index contributed by atoms with van der Waals surface area (Å²) in [6.45, 7) is 5.19. The highest BCUT2D eigenvalue weighted by Crippen LogP contribution is 2.29. The number of nitriles is 2. The number of nitrogens with one attached hydrogen (secondary N) is 1. The molecule has 31 heavy (non-hydrogen) atoms. The molecule has 2 aromatic carbocycles. The molecule has 0 bridgehead atoms. The van der Waals surface area contributed by atoms with Crippen LogP contribution in [0.4, 0.5) is 20.6 Å². The maximum atomic E-state index is 15.2. The fourth-order valence-electron chi connectivity index (χ4n) is 3.39. The van der Waals surface area contributed by atoms with Crippen molar-refractivity contribution >= 4 is 17.5 Å². The predicted octanol–water partition coefficient (Wildman–Crippen LogP) is 2.55. The minimum Gasteiger partial charge on any atom is -0.444 e. The molecule has 2 aromatic rings. The van der Waals surface area contributed by atoms with E-state index in [1.54, 1.807) is 6.07 Å². The first-order valence-electron chi connectivity index (χ1n) is 9.52. The number of benzene rings is 2. The van der Waals surface area contributed by atoms with Gasteiger partial charge in [0, 0.05) is 37.4 Å². The Bertz CT molecular complexity index is 1080. The number of amides is 1. The number of piperazine rings is 1. The second-order valence-corrected chi connectivity index (χ2v) is 6.91. The monoisotopic (exact) mass is 420 g/mol. The van der Waals surface area contributed by atoms with Crippen LogP contribution in [0, 0.1) is 28.5 Å². The van der Waals surface area contributed by atoms with Gasteiger partial charge in [-0.05, 0) is 24.3 Å². The number of halogens is 1. The maximum absolute atomic E-state index is 15.2. The number of nitrogens with two attached hydrogens (primary N) is 1. The number of rotatable bonds is 5. The Morgan fingerprint density at radius 3 is 2.52 bits per heavy atom. The van der Waals surface area contributed by atoms with E-state index in [1.165, 1.54) is 12.1 Å². The lowest BCUT2D eigenvalue weighted by Gasteiger charge is -2.38. The van der Waals surface area contributed by atoms with Crippen LogP contribution in [-0.4, -0.2) is 32.3 Å². The molecule has 0 aromatic heterocycles. The first-order chi connectivity index (χ1) is 14.9. The number of anilines is 2. The first kappa shape index (κ1) is 21.5. The highest BCUT2D eigenvalue weighted by molar-refractivity contribution is 5.69. The average Bonchev–Trinajstić information content (AvgIpc) is 2.77. The Balaban J connectivity index is 1.74. The largest absolute Gasteiger partial charge is 0.444 e. The van der Waals surface area contributed by atoms with Crippen molar-refractivity contribution in [1.29, 1.82) is 10.5 Å². The SMILES string of the molecule is C=C(N)NC(=O)OCc1ccc(C#N)c(N2CCN(c3cccc(C#N)c3)CC2)c1F. The molecule has 158 valence electrons. The van der Waals surface area contributed by atoms with Crippen molar-refractivity contribution in [1.82, 2.24) is 5.32 Å². The van der Waals surface area contributed by atoms with E-state index in [0.29, 0.717) is 31.7 Å². The van der Waals surface area contributed by atoms with E-state index < -0.39 is 11.9 Å². The fourth-order valence-corrected chi connectivity index (χ4v) is 3.39. The van der Waals surface area contributed by atoms with Crippen molar-refractivity contribution in [3.8, 4) is 12.1 Å². The molecule has 1 fully saturated rings. The number of alkyl carbamates (subject to hydrolysis) is 1. The van der Waals surface area contributed by atoms with Gasteiger partial charge in [-0.25, -0.2) is 9.18 Å². The summed E-state index contributed by atoms with van der Waals surface area (Å²) in [4.78, 5) is 15.5. The van der Waals surface area contributed by atoms with E-state index in [4.69, 9.17) is 15.7 Å². The maximum Gasteiger partial charge on any atom is 0.413 e. The van der Waals surface area contributed by atoms with Gasteiger partial charge in [-0.15, -0.1) is 0 Å². The summed E-state index contributed by atoms with van der Waals surface area (Å²) in [6, 6.07) is 14.4. The van der Waals surface area contributed by atoms with Gasteiger partial charge in [0.25, 0.3) is 0 Å². The van der Waals surface area contributed by atoms with E-state index in [0.717, 1.165) is 5.69 Å². The van der Waals surface area contributed by atoms with Crippen molar-refractivity contribution < 1.29 is 13.9 Å². The highest BCUT2D eigenvalue weighted by atomic mass is 19.1. The molecule has 1 saturated heterocycles. The number of hydrogen-bond donors (Lipinski definition) is 2. The molecule has 0 aliphatic carbocycles. The third-order valence-corrected chi connectivity index (χ3v) is 4.87. The van der Waals surface area contributed by atoms with Gasteiger partial charge in [0.05, 0.1) is 28.7 Å². The third kappa shape index (κ3) is 5.03. The molecular weight excluding hydrogens is 399 g/mol. The predicted molar refractivity (Wildman–Crippen MR) is 113 cm³/mol. The van der Waals surface area contributed by atoms with Crippen LogP contribution in [0.3, 0.4) is 0 Å². The fraction of sp³-hybridized carbons (Fsp3) is 0.227. The topological polar surface area (TPSA) is 118 Å². The summed E-state index contributed by atoms with van der Waals surface area (Å²) in [7, 11) is 0. The van der Waals surface area contributed by atoms with Crippen LogP contribution in [-0.2, 0) is 11.3 Å². The molecule has 3 N–H and O–H groups in total. The second-order valence-electron chi connectivity index (χ2n) is 6.91. The van der Waals surface area contributed by atoms with Crippen LogP contribution in [0.2, 0.25) is 0 Å². The highest BCUT2D eigenvalue weighted by Gasteiger charge is 2.24. The van der Waals surface area contributed by atoms with Crippen LogP contribution in [0.1, 0.15) is 16.7 Å². The summed E-state index contributed by atoms with van der Waals surface area (Å²) in [5.41, 5.74) is 7.33. The quantitative estimate of drug-likeness (QED) is 0.763. The molecular formula is C22H21FN6O2. The second kappa shape index (κ2) is 9.51. The van der Waals surface area contributed by atoms with Crippen molar-refractivity contribution in [3.63, 3.8) is 0 Å². The summed E-state index contributed by atoms with van der Waals surface area (Å²) < 4.78 is 20.2. The normalized spacial score (nSPS) is 13.1. The van der Waals surface area contributed by atoms with Gasteiger partial charge < -0.3 is 20.3 Å². The smallest absolute Gasteiger partial charge is 0.413 e. The van der Waals surface area contributed by atoms with Crippen LogP contribution >= 0.6 is 0 Å². The van der Waals surface area contributed by atoms with Gasteiger partial charge in [0.2, 0.25) is 0 Å². The summed E-state index contributed by atoms with van der Waals surface area (Å²) >= 11 is 0. The van der Waals surface area contributed by atoms with Crippen LogP contribution < -0.4 is 20.9 Å². The lowest BCUT2D eigenvalue weighted by atomic mass is 10.1. The van der Waals surface area contributed by atoms with Gasteiger partial charge in [-0.2, -0.15) is 10.5 Å². The van der Waals surface area contributed by atoms with Crippen molar-refractivity contribution in [2.24, 2.45) is 5.73 Å². The minimum absolute atomic E-state index is 0.0795. The van der Waals surface area contributed by atoms with E-state index in [2.05, 4.69) is 22.9 Å². The van der Waals surface area contributed by atoms with Gasteiger partial charge in [0.1, 0.15) is 12.7 Å². The van der Waals surface area contributed by atoms with Crippen LogP contribution in [0.15, 0.2) is 48.8 Å². The van der Waals surface area contributed by atoms with Crippen LogP contribution in [0.25, 0.3) is 0 Å². The number of carbonyl (C=O) groups is 1. The number of nitrogens with zero attached hydrogens (tertiary/aromatic N) is 4. The molecule has 0 radical (unpaired) electrons. The van der Waals surface area contributed by atoms with Crippen molar-refractivity contribution in [3.05, 3.63) is 71.3 Å². The Labute approximate surface area is 179 Å². The zero-order chi connectivity index (χ0) is 22.4. The average molecular weight is 420 g/mol. The molecule has 0 atom stereocenters. The standard InChI is InChI=1S/C22H21FN6O2/c1-15(26)27-22(30)31-14-18-6-5-17(13-25)21(20(18)23)29-9-7-28(8-10-29)19-4-2-3-16(11-19)12-24/h2-6,11H,1,7-10,14,26H2,(H,27,30). The Morgan fingerprint density at radius 2 is 1.87 bits per heavy atom. The number of carbonyl (C=O) groups excluding carboxylic acids is 1. The zero-order valence-electron chi connectivity index (χ0n) is 16.8. The first-order valence-corrected chi connectivity index (χ1v) is 9.52. The molecule has 8 nitrogen and oxygen atoms in total. The van der Waals surface area contributed by atoms with E-state index in [-0.39, 0.29) is 29.2 Å². The Kier molecular flexibility index (Phi) is 6.58. The van der Waals surface area contributed by atoms with Gasteiger partial charge in [-0.3, -0.25) is 5.32 Å². The summed E-state index contributed by atoms with van der Waals surface area (Å²) in [6.07, 6.45) is -0.842. The third-order valence-electron chi connectivity index (χ3n) is 4.87. The molecule has 1 aliphatic rings. The lowest BCUT2D eigenvalue weighted by Crippen LogP contribution is -2.47. The van der Waals surface area contributed by atoms with Crippen LogP contribution in [0.5, 0.6) is 0 Å². The van der Waals surface area contributed by atoms with Crippen molar-refractivity contribution in [2.45, 2.75) is 6.61 Å². The summed E-state index contributed by atoms with van der Waals surface area (Å²) in [5.74, 6) is -0.678. The summed E-state index contributed by atoms with van der Waals surface area (Å²) in [5, 5.41) is 20.7. The van der Waals surface area contributed by atoms with E-state index >= 15 is 4.39 Å². The molecule has 0 spiro atoms. The molecule has 1 amide bonds. The molecule has 0 unspecified atom stereocenters. The van der Waals surface area contributed by atoms with Gasteiger partial charge in [-0.1, -0.05) is 18.7 Å². The molecule has 3 rings (SSSR count). The van der Waals surface area contributed by atoms with E-state index in [9.17, 15) is 10.1 Å². The molecule has 1 aliphatic heterocycles. The zero-order valence-corrected chi connectivity index (χ0v) is 16.8. The number of ether oxygens (including phenoxy) is 1. The van der Waals surface area contributed by atoms with Gasteiger partial charge in [0.15, 0.2) is 5.82 Å². The van der Waals surface area contributed by atoms with Gasteiger partial charge >= 0.3 is 6.09 Å². The Hall–Kier alpha value is -4.24. The number of hydrogen-bond acceptors (Lipinski definition) is 7. The molecule has 1 heterocycles. The Morgan fingerprint density at radius 1 is 1.16 bits per heavy atom. The molecule has 0 saturated carbocycles. The van der Waals surface area contributed by atoms with Crippen molar-refractivity contribution in [2.75, 3.05) is 36.0 Å².